The normalized spacial score (nSPS) is 15.6. The maximum Gasteiger partial charge on any atom is 0.266 e. The lowest BCUT2D eigenvalue weighted by molar-refractivity contribution is -0.122. The van der Waals surface area contributed by atoms with Gasteiger partial charge in [0, 0.05) is 12.1 Å². The number of rotatable bonds is 6. The highest BCUT2D eigenvalue weighted by Gasteiger charge is 2.31. The molecule has 1 amide bonds. The first-order valence-electron chi connectivity index (χ1n) is 8.04. The molecule has 0 radical (unpaired) electrons. The van der Waals surface area contributed by atoms with Crippen LogP contribution in [0, 0.1) is 0 Å². The minimum atomic E-state index is -0.0759. The third-order valence-electron chi connectivity index (χ3n) is 4.03. The van der Waals surface area contributed by atoms with Crippen LogP contribution in [-0.2, 0) is 11.2 Å². The summed E-state index contributed by atoms with van der Waals surface area (Å²) >= 11 is 6.67. The van der Waals surface area contributed by atoms with Gasteiger partial charge in [-0.2, -0.15) is 0 Å². The number of thiocarbonyl (C=S) groups is 1. The molecule has 1 fully saturated rings. The number of ether oxygens (including phenoxy) is 1. The van der Waals surface area contributed by atoms with Crippen molar-refractivity contribution < 1.29 is 14.3 Å². The number of amides is 1. The molecule has 1 saturated heterocycles. The lowest BCUT2D eigenvalue weighted by Gasteiger charge is -2.14. The van der Waals surface area contributed by atoms with Crippen molar-refractivity contribution in [1.29, 1.82) is 0 Å². The van der Waals surface area contributed by atoms with Crippen LogP contribution in [0.25, 0.3) is 6.08 Å². The zero-order valence-electron chi connectivity index (χ0n) is 14.2. The fourth-order valence-corrected chi connectivity index (χ4v) is 3.86. The molecule has 6 heteroatoms. The molecule has 2 aromatic rings. The second-order valence-electron chi connectivity index (χ2n) is 5.72. The van der Waals surface area contributed by atoms with Crippen molar-refractivity contribution in [2.24, 2.45) is 0 Å². The molecule has 1 aliphatic heterocycles. The Kier molecular flexibility index (Phi) is 5.85. The van der Waals surface area contributed by atoms with E-state index in [1.807, 2.05) is 36.4 Å². The van der Waals surface area contributed by atoms with Crippen LogP contribution < -0.4 is 4.74 Å². The molecule has 0 atom stereocenters. The number of thioether (sulfide) groups is 1. The van der Waals surface area contributed by atoms with Gasteiger partial charge in [0.15, 0.2) is 0 Å². The van der Waals surface area contributed by atoms with Crippen molar-refractivity contribution in [2.45, 2.75) is 6.42 Å². The van der Waals surface area contributed by atoms with Gasteiger partial charge in [-0.1, -0.05) is 60.4 Å². The van der Waals surface area contributed by atoms with Crippen LogP contribution in [-0.4, -0.2) is 35.1 Å². The zero-order valence-corrected chi connectivity index (χ0v) is 15.8. The molecule has 4 nitrogen and oxygen atoms in total. The van der Waals surface area contributed by atoms with E-state index in [-0.39, 0.29) is 5.91 Å². The van der Waals surface area contributed by atoms with Gasteiger partial charge in [-0.15, -0.1) is 0 Å². The second-order valence-corrected chi connectivity index (χ2v) is 7.39. The molecule has 26 heavy (non-hydrogen) atoms. The monoisotopic (exact) mass is 383 g/mol. The molecule has 0 spiro atoms. The number of carbonyl (C=O) groups excluding carboxylic acids is 2. The predicted molar refractivity (Wildman–Crippen MR) is 108 cm³/mol. The topological polar surface area (TPSA) is 46.6 Å². The zero-order chi connectivity index (χ0) is 18.5. The Labute approximate surface area is 161 Å². The molecule has 132 valence electrons. The Morgan fingerprint density at radius 3 is 2.35 bits per heavy atom. The van der Waals surface area contributed by atoms with Gasteiger partial charge in [-0.05, 0) is 35.8 Å². The van der Waals surface area contributed by atoms with E-state index < -0.39 is 0 Å². The Balaban J connectivity index is 1.67. The fourth-order valence-electron chi connectivity index (χ4n) is 2.55. The average molecular weight is 383 g/mol. The minimum absolute atomic E-state index is 0.0759. The van der Waals surface area contributed by atoms with Gasteiger partial charge < -0.3 is 4.74 Å². The van der Waals surface area contributed by atoms with E-state index in [9.17, 15) is 9.59 Å². The van der Waals surface area contributed by atoms with Gasteiger partial charge in [0.1, 0.15) is 16.4 Å². The van der Waals surface area contributed by atoms with E-state index in [0.717, 1.165) is 29.6 Å². The number of benzene rings is 2. The highest BCUT2D eigenvalue weighted by Crippen LogP contribution is 2.32. The maximum absolute atomic E-state index is 12.6. The van der Waals surface area contributed by atoms with E-state index in [1.54, 1.807) is 30.2 Å². The standard InChI is InChI=1S/C20H17NO3S2/c1-24-17-8-6-14(7-9-17)10-11-21-19(23)18(26-20(21)25)12-15-2-4-16(13-22)5-3-15/h2-9,12-13H,10-11H2,1H3/b18-12-. The highest BCUT2D eigenvalue weighted by atomic mass is 32.2. The SMILES string of the molecule is COc1ccc(CCN2C(=O)/C(=C/c3ccc(C=O)cc3)SC2=S)cc1. The van der Waals surface area contributed by atoms with Crippen LogP contribution in [0.3, 0.4) is 0 Å². The molecule has 0 aliphatic carbocycles. The number of methoxy groups -OCH3 is 1. The third kappa shape index (κ3) is 4.20. The summed E-state index contributed by atoms with van der Waals surface area (Å²) in [5.41, 5.74) is 2.59. The van der Waals surface area contributed by atoms with Crippen molar-refractivity contribution in [2.75, 3.05) is 13.7 Å². The van der Waals surface area contributed by atoms with Crippen LogP contribution in [0.5, 0.6) is 5.75 Å². The third-order valence-corrected chi connectivity index (χ3v) is 5.40. The summed E-state index contributed by atoms with van der Waals surface area (Å²) in [7, 11) is 1.63. The molecule has 0 N–H and O–H groups in total. The Morgan fingerprint density at radius 1 is 1.08 bits per heavy atom. The van der Waals surface area contributed by atoms with E-state index >= 15 is 0 Å². The molecule has 1 heterocycles. The first kappa shape index (κ1) is 18.4. The maximum atomic E-state index is 12.6. The Morgan fingerprint density at radius 2 is 1.73 bits per heavy atom. The predicted octanol–water partition coefficient (Wildman–Crippen LogP) is 3.95. The van der Waals surface area contributed by atoms with Gasteiger partial charge in [0.25, 0.3) is 5.91 Å². The molecule has 0 saturated carbocycles. The van der Waals surface area contributed by atoms with Gasteiger partial charge in [-0.3, -0.25) is 14.5 Å². The number of carbonyl (C=O) groups is 2. The van der Waals surface area contributed by atoms with Crippen molar-refractivity contribution in [3.8, 4) is 5.75 Å². The first-order valence-corrected chi connectivity index (χ1v) is 9.27. The summed E-state index contributed by atoms with van der Waals surface area (Å²) in [5.74, 6) is 0.732. The molecule has 3 rings (SSSR count). The van der Waals surface area contributed by atoms with Gasteiger partial charge in [-0.25, -0.2) is 0 Å². The minimum Gasteiger partial charge on any atom is -0.497 e. The van der Waals surface area contributed by atoms with Crippen molar-refractivity contribution in [1.82, 2.24) is 4.90 Å². The van der Waals surface area contributed by atoms with Crippen LogP contribution in [0.2, 0.25) is 0 Å². The van der Waals surface area contributed by atoms with Crippen molar-refractivity contribution in [3.05, 3.63) is 70.1 Å². The summed E-state index contributed by atoms with van der Waals surface area (Å²) in [6.07, 6.45) is 3.32. The number of hydrogen-bond donors (Lipinski definition) is 0. The summed E-state index contributed by atoms with van der Waals surface area (Å²) in [6.45, 7) is 0.540. The molecular formula is C20H17NO3S2. The molecule has 1 aliphatic rings. The summed E-state index contributed by atoms with van der Waals surface area (Å²) in [5, 5.41) is 0. The summed E-state index contributed by atoms with van der Waals surface area (Å²) in [6, 6.07) is 14.9. The lowest BCUT2D eigenvalue weighted by Crippen LogP contribution is -2.30. The van der Waals surface area contributed by atoms with Gasteiger partial charge in [0.05, 0.1) is 12.0 Å². The first-order chi connectivity index (χ1) is 12.6. The van der Waals surface area contributed by atoms with E-state index in [1.165, 1.54) is 11.8 Å². The lowest BCUT2D eigenvalue weighted by atomic mass is 10.1. The molecular weight excluding hydrogens is 366 g/mol. The largest absolute Gasteiger partial charge is 0.497 e. The van der Waals surface area contributed by atoms with Crippen LogP contribution in [0.1, 0.15) is 21.5 Å². The van der Waals surface area contributed by atoms with Gasteiger partial charge in [0.2, 0.25) is 0 Å². The van der Waals surface area contributed by atoms with Crippen LogP contribution in [0.4, 0.5) is 0 Å². The molecule has 2 aromatic carbocycles. The summed E-state index contributed by atoms with van der Waals surface area (Å²) < 4.78 is 5.72. The fraction of sp³-hybridized carbons (Fsp3) is 0.150. The average Bonchev–Trinajstić information content (AvgIpc) is 2.94. The molecule has 0 unspecified atom stereocenters. The highest BCUT2D eigenvalue weighted by molar-refractivity contribution is 8.26. The number of nitrogens with zero attached hydrogens (tertiary/aromatic N) is 1. The van der Waals surface area contributed by atoms with Crippen LogP contribution >= 0.6 is 24.0 Å². The van der Waals surface area contributed by atoms with Crippen LogP contribution in [0.15, 0.2) is 53.4 Å². The van der Waals surface area contributed by atoms with E-state index in [0.29, 0.717) is 21.3 Å². The van der Waals surface area contributed by atoms with E-state index in [2.05, 4.69) is 0 Å². The molecule has 0 aromatic heterocycles. The number of aldehydes is 1. The number of hydrogen-bond acceptors (Lipinski definition) is 5. The molecule has 0 bridgehead atoms. The van der Waals surface area contributed by atoms with E-state index in [4.69, 9.17) is 17.0 Å². The van der Waals surface area contributed by atoms with Crippen molar-refractivity contribution in [3.63, 3.8) is 0 Å². The quantitative estimate of drug-likeness (QED) is 0.429. The Hall–Kier alpha value is -2.44. The van der Waals surface area contributed by atoms with Gasteiger partial charge >= 0.3 is 0 Å². The van der Waals surface area contributed by atoms with Crippen molar-refractivity contribution >= 4 is 46.6 Å². The smallest absolute Gasteiger partial charge is 0.266 e. The summed E-state index contributed by atoms with van der Waals surface area (Å²) in [4.78, 5) is 25.6. The Bertz CT molecular complexity index is 858. The second kappa shape index (κ2) is 8.29.